The van der Waals surface area contributed by atoms with Crippen molar-refractivity contribution in [3.05, 3.63) is 30.6 Å². The fraction of sp³-hybridized carbons (Fsp3) is 0.556. The number of nitrogens with one attached hydrogen (secondary N) is 1. The maximum Gasteiger partial charge on any atom is 0.193 e. The van der Waals surface area contributed by atoms with Crippen LogP contribution in [0.1, 0.15) is 33.1 Å². The molecule has 6 heteroatoms. The molecule has 0 aliphatic carbocycles. The van der Waals surface area contributed by atoms with Crippen LogP contribution in [0, 0.1) is 0 Å². The minimum Gasteiger partial charge on any atom is -0.357 e. The van der Waals surface area contributed by atoms with E-state index < -0.39 is 0 Å². The maximum absolute atomic E-state index is 4.74. The standard InChI is InChI=1S/C18H29N5.HI/c1-4-6-13-22(3)18(19-5-2)20-12-9-14-23-15-21-16-10-7-8-11-17(16)23;/h7-8,10-11,15H,4-6,9,12-14H2,1-3H3,(H,19,20);1H. The molecule has 1 N–H and O–H groups in total. The second kappa shape index (κ2) is 11.3. The van der Waals surface area contributed by atoms with Gasteiger partial charge in [-0.2, -0.15) is 0 Å². The highest BCUT2D eigenvalue weighted by atomic mass is 127. The van der Waals surface area contributed by atoms with Gasteiger partial charge in [0.15, 0.2) is 5.96 Å². The Hall–Kier alpha value is -1.31. The lowest BCUT2D eigenvalue weighted by molar-refractivity contribution is 0.464. The molecule has 0 fully saturated rings. The van der Waals surface area contributed by atoms with Gasteiger partial charge in [0.2, 0.25) is 0 Å². The highest BCUT2D eigenvalue weighted by Crippen LogP contribution is 2.12. The number of aliphatic imine (C=N–C) groups is 1. The number of aromatic nitrogens is 2. The van der Waals surface area contributed by atoms with Gasteiger partial charge in [0, 0.05) is 33.2 Å². The van der Waals surface area contributed by atoms with Gasteiger partial charge in [0.25, 0.3) is 0 Å². The summed E-state index contributed by atoms with van der Waals surface area (Å²) in [6.45, 7) is 8.05. The Morgan fingerprint density at radius 3 is 2.79 bits per heavy atom. The molecule has 2 aromatic rings. The normalized spacial score (nSPS) is 11.4. The molecule has 0 saturated carbocycles. The first-order chi connectivity index (χ1) is 11.3. The molecule has 0 atom stereocenters. The lowest BCUT2D eigenvalue weighted by Crippen LogP contribution is -2.39. The second-order valence-electron chi connectivity index (χ2n) is 5.79. The quantitative estimate of drug-likeness (QED) is 0.293. The number of fused-ring (bicyclic) bond motifs is 1. The third kappa shape index (κ3) is 5.96. The van der Waals surface area contributed by atoms with Crippen LogP contribution in [0.15, 0.2) is 35.6 Å². The molecule has 134 valence electrons. The Balaban J connectivity index is 0.00000288. The van der Waals surface area contributed by atoms with Crippen LogP contribution in [-0.2, 0) is 6.54 Å². The van der Waals surface area contributed by atoms with Gasteiger partial charge in [-0.15, -0.1) is 24.0 Å². The van der Waals surface area contributed by atoms with Gasteiger partial charge in [0.1, 0.15) is 0 Å². The van der Waals surface area contributed by atoms with Gasteiger partial charge in [-0.1, -0.05) is 25.5 Å². The molecule has 0 saturated heterocycles. The Morgan fingerprint density at radius 2 is 2.04 bits per heavy atom. The van der Waals surface area contributed by atoms with E-state index in [0.717, 1.165) is 44.1 Å². The Morgan fingerprint density at radius 1 is 1.25 bits per heavy atom. The zero-order valence-electron chi connectivity index (χ0n) is 15.0. The van der Waals surface area contributed by atoms with E-state index in [1.54, 1.807) is 0 Å². The first kappa shape index (κ1) is 20.7. The van der Waals surface area contributed by atoms with Crippen molar-refractivity contribution in [3.8, 4) is 0 Å². The summed E-state index contributed by atoms with van der Waals surface area (Å²) < 4.78 is 2.21. The van der Waals surface area contributed by atoms with Crippen LogP contribution in [0.2, 0.25) is 0 Å². The fourth-order valence-electron chi connectivity index (χ4n) is 2.59. The van der Waals surface area contributed by atoms with Gasteiger partial charge >= 0.3 is 0 Å². The van der Waals surface area contributed by atoms with Crippen LogP contribution in [0.25, 0.3) is 11.0 Å². The molecule has 0 amide bonds. The maximum atomic E-state index is 4.74. The molecular weight excluding hydrogens is 413 g/mol. The van der Waals surface area contributed by atoms with E-state index in [1.165, 1.54) is 18.4 Å². The van der Waals surface area contributed by atoms with E-state index in [1.807, 2.05) is 12.4 Å². The summed E-state index contributed by atoms with van der Waals surface area (Å²) in [4.78, 5) is 11.4. The highest BCUT2D eigenvalue weighted by molar-refractivity contribution is 14.0. The molecule has 1 aromatic carbocycles. The number of rotatable bonds is 8. The van der Waals surface area contributed by atoms with Crippen LogP contribution >= 0.6 is 24.0 Å². The molecule has 0 aliphatic rings. The molecule has 1 aromatic heterocycles. The van der Waals surface area contributed by atoms with E-state index in [2.05, 4.69) is 58.9 Å². The number of para-hydroxylation sites is 2. The minimum absolute atomic E-state index is 0. The van der Waals surface area contributed by atoms with Crippen molar-refractivity contribution in [2.24, 2.45) is 4.99 Å². The lowest BCUT2D eigenvalue weighted by atomic mass is 10.3. The molecule has 24 heavy (non-hydrogen) atoms. The van der Waals surface area contributed by atoms with E-state index >= 15 is 0 Å². The van der Waals surface area contributed by atoms with Crippen LogP contribution in [0.4, 0.5) is 0 Å². The fourth-order valence-corrected chi connectivity index (χ4v) is 2.59. The number of unbranched alkanes of at least 4 members (excludes halogenated alkanes) is 1. The van der Waals surface area contributed by atoms with Gasteiger partial charge in [-0.05, 0) is 31.9 Å². The van der Waals surface area contributed by atoms with E-state index in [0.29, 0.717) is 0 Å². The number of benzene rings is 1. The Kier molecular flexibility index (Phi) is 9.75. The topological polar surface area (TPSA) is 45.5 Å². The zero-order valence-corrected chi connectivity index (χ0v) is 17.4. The third-order valence-corrected chi connectivity index (χ3v) is 3.89. The molecule has 0 bridgehead atoms. The molecule has 5 nitrogen and oxygen atoms in total. The summed E-state index contributed by atoms with van der Waals surface area (Å²) in [5.41, 5.74) is 2.26. The molecule has 0 unspecified atom stereocenters. The van der Waals surface area contributed by atoms with Crippen LogP contribution in [-0.4, -0.2) is 47.1 Å². The number of guanidine groups is 1. The predicted octanol–water partition coefficient (Wildman–Crippen LogP) is 3.74. The third-order valence-electron chi connectivity index (χ3n) is 3.89. The molecule has 0 aliphatic heterocycles. The van der Waals surface area contributed by atoms with Crippen molar-refractivity contribution in [1.82, 2.24) is 19.8 Å². The molecule has 0 radical (unpaired) electrons. The van der Waals surface area contributed by atoms with Gasteiger partial charge in [0.05, 0.1) is 17.4 Å². The molecule has 0 spiro atoms. The van der Waals surface area contributed by atoms with E-state index in [9.17, 15) is 0 Å². The second-order valence-corrected chi connectivity index (χ2v) is 5.79. The molecule has 2 rings (SSSR count). The van der Waals surface area contributed by atoms with Gasteiger partial charge in [-0.3, -0.25) is 4.99 Å². The summed E-state index contributed by atoms with van der Waals surface area (Å²) >= 11 is 0. The average Bonchev–Trinajstić information content (AvgIpc) is 2.98. The summed E-state index contributed by atoms with van der Waals surface area (Å²) in [5.74, 6) is 1.01. The molecule has 1 heterocycles. The summed E-state index contributed by atoms with van der Waals surface area (Å²) in [7, 11) is 2.11. The van der Waals surface area contributed by atoms with Crippen LogP contribution in [0.3, 0.4) is 0 Å². The van der Waals surface area contributed by atoms with Crippen molar-refractivity contribution in [2.75, 3.05) is 26.7 Å². The number of hydrogen-bond acceptors (Lipinski definition) is 2. The minimum atomic E-state index is 0. The largest absolute Gasteiger partial charge is 0.357 e. The monoisotopic (exact) mass is 443 g/mol. The number of halogens is 1. The number of nitrogens with zero attached hydrogens (tertiary/aromatic N) is 4. The smallest absolute Gasteiger partial charge is 0.193 e. The van der Waals surface area contributed by atoms with Crippen molar-refractivity contribution in [3.63, 3.8) is 0 Å². The summed E-state index contributed by atoms with van der Waals surface area (Å²) in [6, 6.07) is 8.26. The average molecular weight is 443 g/mol. The van der Waals surface area contributed by atoms with E-state index in [-0.39, 0.29) is 24.0 Å². The van der Waals surface area contributed by atoms with Crippen molar-refractivity contribution in [1.29, 1.82) is 0 Å². The molecular formula is C18H30IN5. The number of hydrogen-bond donors (Lipinski definition) is 1. The Labute approximate surface area is 162 Å². The summed E-state index contributed by atoms with van der Waals surface area (Å²) in [5, 5.41) is 3.37. The lowest BCUT2D eigenvalue weighted by Gasteiger charge is -2.21. The van der Waals surface area contributed by atoms with Gasteiger partial charge < -0.3 is 14.8 Å². The van der Waals surface area contributed by atoms with E-state index in [4.69, 9.17) is 4.99 Å². The van der Waals surface area contributed by atoms with Crippen LogP contribution < -0.4 is 5.32 Å². The predicted molar refractivity (Wildman–Crippen MR) is 113 cm³/mol. The summed E-state index contributed by atoms with van der Waals surface area (Å²) in [6.07, 6.45) is 5.34. The van der Waals surface area contributed by atoms with Crippen LogP contribution in [0.5, 0.6) is 0 Å². The first-order valence-electron chi connectivity index (χ1n) is 8.65. The number of imidazole rings is 1. The number of aryl methyl sites for hydroxylation is 1. The zero-order chi connectivity index (χ0) is 16.5. The Bertz CT molecular complexity index is 623. The SMILES string of the molecule is CCCCN(C)C(=NCCCn1cnc2ccccc21)NCC.I. The van der Waals surface area contributed by atoms with Crippen molar-refractivity contribution >= 4 is 41.0 Å². The van der Waals surface area contributed by atoms with Crippen molar-refractivity contribution in [2.45, 2.75) is 39.7 Å². The first-order valence-corrected chi connectivity index (χ1v) is 8.65. The van der Waals surface area contributed by atoms with Crippen molar-refractivity contribution < 1.29 is 0 Å². The van der Waals surface area contributed by atoms with Gasteiger partial charge in [-0.25, -0.2) is 4.98 Å². The highest BCUT2D eigenvalue weighted by Gasteiger charge is 2.04.